The molecule has 2 fully saturated rings. The second kappa shape index (κ2) is 9.51. The maximum Gasteiger partial charge on any atom is 0.244 e. The first-order valence-corrected chi connectivity index (χ1v) is 14.0. The molecule has 2 aliphatic heterocycles. The fourth-order valence-electron chi connectivity index (χ4n) is 3.61. The standard InChI is InChI=1S/C18H27N3O6S3/c1-3-21(15-6-11-29(23,24)13-15)18(22)14(2)28-17-5-4-16(12-19-17)30(25,26)20-7-9-27-10-8-20/h4-5,12,14-15H,3,6-11,13H2,1-2H3. The van der Waals surface area contributed by atoms with Crippen molar-refractivity contribution in [2.75, 3.05) is 44.4 Å². The van der Waals surface area contributed by atoms with Crippen LogP contribution in [0.25, 0.3) is 0 Å². The molecule has 0 bridgehead atoms. The van der Waals surface area contributed by atoms with Crippen LogP contribution in [0.2, 0.25) is 0 Å². The number of sulfonamides is 1. The van der Waals surface area contributed by atoms with Crippen LogP contribution in [-0.2, 0) is 29.4 Å². The Balaban J connectivity index is 1.65. The molecule has 12 heteroatoms. The summed E-state index contributed by atoms with van der Waals surface area (Å²) in [5.41, 5.74) is 0. The first-order valence-electron chi connectivity index (χ1n) is 9.85. The van der Waals surface area contributed by atoms with Crippen molar-refractivity contribution < 1.29 is 26.4 Å². The van der Waals surface area contributed by atoms with Gasteiger partial charge < -0.3 is 9.64 Å². The van der Waals surface area contributed by atoms with E-state index >= 15 is 0 Å². The van der Waals surface area contributed by atoms with Gasteiger partial charge in [0.2, 0.25) is 15.9 Å². The smallest absolute Gasteiger partial charge is 0.244 e. The zero-order valence-electron chi connectivity index (χ0n) is 17.1. The Bertz CT molecular complexity index is 959. The molecular formula is C18H27N3O6S3. The number of carbonyl (C=O) groups excluding carboxylic acids is 1. The maximum atomic E-state index is 12.9. The minimum atomic E-state index is -3.61. The van der Waals surface area contributed by atoms with Gasteiger partial charge in [-0.2, -0.15) is 4.31 Å². The quantitative estimate of drug-likeness (QED) is 0.525. The third kappa shape index (κ3) is 5.34. The van der Waals surface area contributed by atoms with Crippen LogP contribution in [-0.4, -0.2) is 92.6 Å². The third-order valence-electron chi connectivity index (χ3n) is 5.24. The molecule has 0 aliphatic carbocycles. The molecule has 3 rings (SSSR count). The average Bonchev–Trinajstić information content (AvgIpc) is 3.09. The van der Waals surface area contributed by atoms with Crippen LogP contribution in [0.15, 0.2) is 28.3 Å². The lowest BCUT2D eigenvalue weighted by molar-refractivity contribution is -0.131. The molecule has 0 spiro atoms. The summed E-state index contributed by atoms with van der Waals surface area (Å²) in [6, 6.07) is 2.81. The predicted octanol–water partition coefficient (Wildman–Crippen LogP) is 0.619. The molecule has 1 amide bonds. The lowest BCUT2D eigenvalue weighted by Gasteiger charge is -2.29. The summed E-state index contributed by atoms with van der Waals surface area (Å²) in [7, 11) is -6.69. The number of hydrogen-bond donors (Lipinski definition) is 0. The van der Waals surface area contributed by atoms with Gasteiger partial charge in [0.05, 0.1) is 35.0 Å². The lowest BCUT2D eigenvalue weighted by atomic mass is 10.2. The van der Waals surface area contributed by atoms with E-state index in [1.807, 2.05) is 6.92 Å². The second-order valence-corrected chi connectivity index (χ2v) is 12.8. The van der Waals surface area contributed by atoms with Gasteiger partial charge in [-0.15, -0.1) is 0 Å². The molecule has 168 valence electrons. The van der Waals surface area contributed by atoms with Gasteiger partial charge in [0.25, 0.3) is 0 Å². The van der Waals surface area contributed by atoms with Gasteiger partial charge in [0, 0.05) is 31.9 Å². The van der Waals surface area contributed by atoms with Crippen molar-refractivity contribution in [2.45, 2.75) is 41.5 Å². The van der Waals surface area contributed by atoms with Gasteiger partial charge in [0.1, 0.15) is 4.90 Å². The number of pyridine rings is 1. The highest BCUT2D eigenvalue weighted by atomic mass is 32.2. The Labute approximate surface area is 182 Å². The summed E-state index contributed by atoms with van der Waals surface area (Å²) >= 11 is 1.23. The number of amides is 1. The molecule has 2 unspecified atom stereocenters. The SMILES string of the molecule is CCN(C(=O)C(C)Sc1ccc(S(=O)(=O)N2CCOCC2)cn1)C1CCS(=O)(=O)C1. The third-order valence-corrected chi connectivity index (χ3v) is 9.91. The van der Waals surface area contributed by atoms with Crippen molar-refractivity contribution in [3.8, 4) is 0 Å². The predicted molar refractivity (Wildman–Crippen MR) is 114 cm³/mol. The number of nitrogens with zero attached hydrogens (tertiary/aromatic N) is 3. The number of rotatable bonds is 7. The zero-order chi connectivity index (χ0) is 21.9. The molecule has 9 nitrogen and oxygen atoms in total. The molecule has 2 atom stereocenters. The molecule has 3 heterocycles. The van der Waals surface area contributed by atoms with Crippen molar-refractivity contribution >= 4 is 37.5 Å². The Morgan fingerprint density at radius 2 is 2.07 bits per heavy atom. The summed E-state index contributed by atoms with van der Waals surface area (Å²) in [4.78, 5) is 18.8. The average molecular weight is 478 g/mol. The molecule has 0 N–H and O–H groups in total. The van der Waals surface area contributed by atoms with Gasteiger partial charge in [-0.05, 0) is 32.4 Å². The summed E-state index contributed by atoms with van der Waals surface area (Å²) < 4.78 is 55.4. The van der Waals surface area contributed by atoms with Gasteiger partial charge in [0.15, 0.2) is 9.84 Å². The Hall–Kier alpha value is -1.21. The molecule has 1 aromatic heterocycles. The Kier molecular flexibility index (Phi) is 7.44. The van der Waals surface area contributed by atoms with Crippen molar-refractivity contribution in [1.82, 2.24) is 14.2 Å². The highest BCUT2D eigenvalue weighted by molar-refractivity contribution is 8.00. The number of aromatic nitrogens is 1. The van der Waals surface area contributed by atoms with E-state index in [1.165, 1.54) is 28.3 Å². The number of morpholine rings is 1. The number of thioether (sulfide) groups is 1. The summed E-state index contributed by atoms with van der Waals surface area (Å²) in [6.45, 7) is 5.39. The van der Waals surface area contributed by atoms with Crippen molar-refractivity contribution in [3.63, 3.8) is 0 Å². The summed E-state index contributed by atoms with van der Waals surface area (Å²) in [5, 5.41) is 0.0642. The van der Waals surface area contributed by atoms with Crippen molar-refractivity contribution in [3.05, 3.63) is 18.3 Å². The molecule has 2 saturated heterocycles. The van der Waals surface area contributed by atoms with E-state index in [2.05, 4.69) is 4.98 Å². The van der Waals surface area contributed by atoms with Crippen LogP contribution in [0.4, 0.5) is 0 Å². The van der Waals surface area contributed by atoms with E-state index in [4.69, 9.17) is 4.74 Å². The number of hydrogen-bond acceptors (Lipinski definition) is 8. The minimum absolute atomic E-state index is 0.0102. The molecule has 30 heavy (non-hydrogen) atoms. The van der Waals surface area contributed by atoms with Crippen molar-refractivity contribution in [2.24, 2.45) is 0 Å². The topological polar surface area (TPSA) is 114 Å². The maximum absolute atomic E-state index is 12.9. The molecule has 0 radical (unpaired) electrons. The van der Waals surface area contributed by atoms with Crippen LogP contribution in [0.5, 0.6) is 0 Å². The van der Waals surface area contributed by atoms with E-state index in [0.29, 0.717) is 44.3 Å². The largest absolute Gasteiger partial charge is 0.379 e. The van der Waals surface area contributed by atoms with E-state index < -0.39 is 25.1 Å². The molecular weight excluding hydrogens is 450 g/mol. The first-order chi connectivity index (χ1) is 14.1. The van der Waals surface area contributed by atoms with E-state index in [1.54, 1.807) is 17.9 Å². The van der Waals surface area contributed by atoms with E-state index in [9.17, 15) is 21.6 Å². The van der Waals surface area contributed by atoms with Crippen LogP contribution >= 0.6 is 11.8 Å². The lowest BCUT2D eigenvalue weighted by Crippen LogP contribution is -2.44. The van der Waals surface area contributed by atoms with Gasteiger partial charge >= 0.3 is 0 Å². The highest BCUT2D eigenvalue weighted by Gasteiger charge is 2.35. The van der Waals surface area contributed by atoms with Crippen molar-refractivity contribution in [1.29, 1.82) is 0 Å². The van der Waals surface area contributed by atoms with Crippen LogP contribution in [0.3, 0.4) is 0 Å². The molecule has 0 aromatic carbocycles. The molecule has 2 aliphatic rings. The van der Waals surface area contributed by atoms with Gasteiger partial charge in [-0.1, -0.05) is 11.8 Å². The van der Waals surface area contributed by atoms with Gasteiger partial charge in [-0.3, -0.25) is 4.79 Å². The normalized spacial score (nSPS) is 23.2. The van der Waals surface area contributed by atoms with Crippen LogP contribution in [0, 0.1) is 0 Å². The summed E-state index contributed by atoms with van der Waals surface area (Å²) in [5.74, 6) is -0.0173. The molecule has 0 saturated carbocycles. The van der Waals surface area contributed by atoms with E-state index in [0.717, 1.165) is 0 Å². The minimum Gasteiger partial charge on any atom is -0.379 e. The fraction of sp³-hybridized carbons (Fsp3) is 0.667. The second-order valence-electron chi connectivity index (χ2n) is 7.29. The molecule has 1 aromatic rings. The first kappa shape index (κ1) is 23.5. The Morgan fingerprint density at radius 1 is 1.37 bits per heavy atom. The zero-order valence-corrected chi connectivity index (χ0v) is 19.5. The summed E-state index contributed by atoms with van der Waals surface area (Å²) in [6.07, 6.45) is 1.77. The number of ether oxygens (including phenoxy) is 1. The van der Waals surface area contributed by atoms with E-state index in [-0.39, 0.29) is 28.4 Å². The van der Waals surface area contributed by atoms with Gasteiger partial charge in [-0.25, -0.2) is 21.8 Å². The highest BCUT2D eigenvalue weighted by Crippen LogP contribution is 2.27. The Morgan fingerprint density at radius 3 is 2.60 bits per heavy atom. The number of carbonyl (C=O) groups is 1. The number of sulfone groups is 1. The fourth-order valence-corrected chi connectivity index (χ4v) is 7.55. The van der Waals surface area contributed by atoms with Crippen LogP contribution < -0.4 is 0 Å². The van der Waals surface area contributed by atoms with Crippen LogP contribution in [0.1, 0.15) is 20.3 Å². The monoisotopic (exact) mass is 477 g/mol.